The largest absolute Gasteiger partial charge is 0.444 e. The van der Waals surface area contributed by atoms with Crippen LogP contribution in [-0.2, 0) is 4.74 Å². The topological polar surface area (TPSA) is 54.5 Å². The molecule has 1 amide bonds. The molecule has 1 heterocycles. The third kappa shape index (κ3) is 6.44. The predicted octanol–water partition coefficient (Wildman–Crippen LogP) is 3.44. The van der Waals surface area contributed by atoms with Gasteiger partial charge in [-0.05, 0) is 41.5 Å². The number of thiazole rings is 1. The van der Waals surface area contributed by atoms with E-state index < -0.39 is 5.60 Å². The van der Waals surface area contributed by atoms with Gasteiger partial charge < -0.3 is 15.0 Å². The molecule has 0 saturated heterocycles. The number of nitrogens with one attached hydrogen (secondary N) is 1. The highest BCUT2D eigenvalue weighted by Gasteiger charge is 2.23. The highest BCUT2D eigenvalue weighted by molar-refractivity contribution is 7.09. The summed E-state index contributed by atoms with van der Waals surface area (Å²) in [6.07, 6.45) is 1.54. The summed E-state index contributed by atoms with van der Waals surface area (Å²) in [7, 11) is 0. The maximum absolute atomic E-state index is 12.2. The fourth-order valence-electron chi connectivity index (χ4n) is 1.82. The van der Waals surface area contributed by atoms with Crippen LogP contribution < -0.4 is 5.32 Å². The third-order valence-corrected chi connectivity index (χ3v) is 3.83. The molecule has 0 spiro atoms. The van der Waals surface area contributed by atoms with Crippen LogP contribution in [0.1, 0.15) is 52.6 Å². The van der Waals surface area contributed by atoms with Gasteiger partial charge in [0.15, 0.2) is 0 Å². The van der Waals surface area contributed by atoms with E-state index in [1.165, 1.54) is 0 Å². The molecular weight excluding hydrogens is 286 g/mol. The van der Waals surface area contributed by atoms with E-state index in [2.05, 4.69) is 17.2 Å². The van der Waals surface area contributed by atoms with Crippen molar-refractivity contribution in [3.05, 3.63) is 16.6 Å². The number of carbonyl (C=O) groups is 1. The molecule has 0 bridgehead atoms. The van der Waals surface area contributed by atoms with Crippen molar-refractivity contribution < 1.29 is 9.53 Å². The zero-order chi connectivity index (χ0) is 16.0. The number of ether oxygens (including phenoxy) is 1. The van der Waals surface area contributed by atoms with Crippen LogP contribution in [0.4, 0.5) is 4.79 Å². The summed E-state index contributed by atoms with van der Waals surface area (Å²) >= 11 is 1.63. The minimum absolute atomic E-state index is 0.108. The van der Waals surface area contributed by atoms with E-state index in [0.717, 1.165) is 5.01 Å². The van der Waals surface area contributed by atoms with E-state index in [4.69, 9.17) is 4.74 Å². The molecule has 0 aliphatic rings. The van der Waals surface area contributed by atoms with E-state index in [9.17, 15) is 4.79 Å². The first-order valence-electron chi connectivity index (χ1n) is 7.33. The Morgan fingerprint density at radius 2 is 2.10 bits per heavy atom. The number of hydrogen-bond acceptors (Lipinski definition) is 5. The van der Waals surface area contributed by atoms with Gasteiger partial charge in [-0.15, -0.1) is 11.3 Å². The summed E-state index contributed by atoms with van der Waals surface area (Å²) in [5, 5.41) is 6.41. The smallest absolute Gasteiger partial charge is 0.410 e. The van der Waals surface area contributed by atoms with Gasteiger partial charge in [0.2, 0.25) is 0 Å². The van der Waals surface area contributed by atoms with Crippen molar-refractivity contribution in [1.82, 2.24) is 15.2 Å². The average molecular weight is 313 g/mol. The molecule has 0 aromatic carbocycles. The molecule has 120 valence electrons. The van der Waals surface area contributed by atoms with Crippen molar-refractivity contribution in [2.45, 2.75) is 59.2 Å². The molecular formula is C15H27N3O2S. The van der Waals surface area contributed by atoms with Crippen LogP contribution >= 0.6 is 11.3 Å². The molecule has 21 heavy (non-hydrogen) atoms. The van der Waals surface area contributed by atoms with Crippen molar-refractivity contribution in [2.24, 2.45) is 0 Å². The average Bonchev–Trinajstić information content (AvgIpc) is 2.85. The number of amides is 1. The first-order chi connectivity index (χ1) is 9.70. The van der Waals surface area contributed by atoms with Crippen molar-refractivity contribution in [3.63, 3.8) is 0 Å². The summed E-state index contributed by atoms with van der Waals surface area (Å²) in [5.41, 5.74) is -0.466. The van der Waals surface area contributed by atoms with Crippen molar-refractivity contribution >= 4 is 17.4 Å². The summed E-state index contributed by atoms with van der Waals surface area (Å²) < 4.78 is 5.44. The molecule has 6 heteroatoms. The number of hydrogen-bond donors (Lipinski definition) is 1. The first-order valence-corrected chi connectivity index (χ1v) is 8.21. The Bertz CT molecular complexity index is 427. The second-order valence-electron chi connectivity index (χ2n) is 6.31. The van der Waals surface area contributed by atoms with E-state index in [1.54, 1.807) is 22.4 Å². The van der Waals surface area contributed by atoms with E-state index >= 15 is 0 Å². The monoisotopic (exact) mass is 313 g/mol. The Morgan fingerprint density at radius 1 is 1.43 bits per heavy atom. The lowest BCUT2D eigenvalue weighted by atomic mass is 10.2. The van der Waals surface area contributed by atoms with Crippen molar-refractivity contribution in [1.29, 1.82) is 0 Å². The van der Waals surface area contributed by atoms with Crippen molar-refractivity contribution in [3.8, 4) is 0 Å². The summed E-state index contributed by atoms with van der Waals surface area (Å²) in [6, 6.07) is 0.300. The lowest BCUT2D eigenvalue weighted by Crippen LogP contribution is -2.44. The van der Waals surface area contributed by atoms with Crippen molar-refractivity contribution in [2.75, 3.05) is 13.1 Å². The Kier molecular flexibility index (Phi) is 6.61. The maximum Gasteiger partial charge on any atom is 0.410 e. The zero-order valence-corrected chi connectivity index (χ0v) is 14.7. The molecule has 1 aromatic heterocycles. The second kappa shape index (κ2) is 7.75. The minimum Gasteiger partial charge on any atom is -0.444 e. The second-order valence-corrected chi connectivity index (χ2v) is 7.24. The quantitative estimate of drug-likeness (QED) is 0.874. The summed E-state index contributed by atoms with van der Waals surface area (Å²) in [4.78, 5) is 18.2. The number of nitrogens with zero attached hydrogens (tertiary/aromatic N) is 2. The molecule has 0 radical (unpaired) electrons. The van der Waals surface area contributed by atoms with Crippen LogP contribution in [0.5, 0.6) is 0 Å². The molecule has 0 fully saturated rings. The van der Waals surface area contributed by atoms with Gasteiger partial charge in [0, 0.05) is 30.7 Å². The van der Waals surface area contributed by atoms with Crippen LogP contribution in [0, 0.1) is 0 Å². The Labute approximate surface area is 131 Å². The SMILES string of the molecule is CC(NCCN(C(=O)OC(C)(C)C)C(C)C)c1nccs1. The van der Waals surface area contributed by atoms with Gasteiger partial charge in [0.05, 0.1) is 6.04 Å². The molecule has 1 unspecified atom stereocenters. The van der Waals surface area contributed by atoms with Crippen LogP contribution in [0.2, 0.25) is 0 Å². The molecule has 1 rings (SSSR count). The molecule has 5 nitrogen and oxygen atoms in total. The van der Waals surface area contributed by atoms with E-state index in [0.29, 0.717) is 13.1 Å². The van der Waals surface area contributed by atoms with Crippen LogP contribution in [-0.4, -0.2) is 40.7 Å². The first kappa shape index (κ1) is 17.9. The number of carbonyl (C=O) groups excluding carboxylic acids is 1. The fourth-order valence-corrected chi connectivity index (χ4v) is 2.49. The summed E-state index contributed by atoms with van der Waals surface area (Å²) in [6.45, 7) is 13.0. The predicted molar refractivity (Wildman–Crippen MR) is 86.6 cm³/mol. The van der Waals surface area contributed by atoms with Crippen LogP contribution in [0.25, 0.3) is 0 Å². The van der Waals surface area contributed by atoms with Crippen LogP contribution in [0.3, 0.4) is 0 Å². The van der Waals surface area contributed by atoms with Gasteiger partial charge in [-0.2, -0.15) is 0 Å². The zero-order valence-electron chi connectivity index (χ0n) is 13.8. The van der Waals surface area contributed by atoms with E-state index in [-0.39, 0.29) is 18.2 Å². The standard InChI is InChI=1S/C15H27N3O2S/c1-11(2)18(14(19)20-15(4,5)6)9-7-16-12(3)13-17-8-10-21-13/h8,10-12,16H,7,9H2,1-6H3. The van der Waals surface area contributed by atoms with Gasteiger partial charge in [0.25, 0.3) is 0 Å². The molecule has 0 saturated carbocycles. The Morgan fingerprint density at radius 3 is 2.57 bits per heavy atom. The van der Waals surface area contributed by atoms with Crippen LogP contribution in [0.15, 0.2) is 11.6 Å². The molecule has 1 atom stereocenters. The van der Waals surface area contributed by atoms with E-state index in [1.807, 2.05) is 40.0 Å². The minimum atomic E-state index is -0.466. The molecule has 0 aliphatic carbocycles. The normalized spacial score (nSPS) is 13.3. The van der Waals surface area contributed by atoms with Gasteiger partial charge in [-0.25, -0.2) is 9.78 Å². The maximum atomic E-state index is 12.2. The summed E-state index contributed by atoms with van der Waals surface area (Å²) in [5.74, 6) is 0. The van der Waals surface area contributed by atoms with Gasteiger partial charge in [-0.3, -0.25) is 0 Å². The Balaban J connectivity index is 2.46. The third-order valence-electron chi connectivity index (χ3n) is 2.88. The van der Waals surface area contributed by atoms with Gasteiger partial charge in [-0.1, -0.05) is 0 Å². The fraction of sp³-hybridized carbons (Fsp3) is 0.733. The Hall–Kier alpha value is -1.14. The lowest BCUT2D eigenvalue weighted by molar-refractivity contribution is 0.0192. The number of rotatable bonds is 6. The number of aromatic nitrogens is 1. The molecule has 1 aromatic rings. The highest BCUT2D eigenvalue weighted by Crippen LogP contribution is 2.15. The highest BCUT2D eigenvalue weighted by atomic mass is 32.1. The lowest BCUT2D eigenvalue weighted by Gasteiger charge is -2.30. The van der Waals surface area contributed by atoms with Gasteiger partial charge >= 0.3 is 6.09 Å². The molecule has 1 N–H and O–H groups in total. The molecule has 0 aliphatic heterocycles. The van der Waals surface area contributed by atoms with Gasteiger partial charge in [0.1, 0.15) is 10.6 Å².